The molecule has 6 nitrogen and oxygen atoms in total. The summed E-state index contributed by atoms with van der Waals surface area (Å²) in [5.74, 6) is -0.552. The van der Waals surface area contributed by atoms with Gasteiger partial charge in [-0.25, -0.2) is 9.38 Å². The highest BCUT2D eigenvalue weighted by Gasteiger charge is 2.30. The molecule has 1 aliphatic heterocycles. The third-order valence-corrected chi connectivity index (χ3v) is 4.67. The summed E-state index contributed by atoms with van der Waals surface area (Å²) in [7, 11) is 1.64. The van der Waals surface area contributed by atoms with Gasteiger partial charge in [-0.15, -0.1) is 0 Å². The number of likely N-dealkylation sites (N-methyl/N-ethyl adjacent to an activating group) is 1. The van der Waals surface area contributed by atoms with Crippen molar-refractivity contribution >= 4 is 40.5 Å². The Morgan fingerprint density at radius 1 is 1.22 bits per heavy atom. The number of rotatable bonds is 5. The van der Waals surface area contributed by atoms with E-state index in [1.807, 2.05) is 0 Å². The van der Waals surface area contributed by atoms with Crippen LogP contribution < -0.4 is 10.5 Å². The van der Waals surface area contributed by atoms with Crippen molar-refractivity contribution in [1.29, 1.82) is 0 Å². The van der Waals surface area contributed by atoms with E-state index in [0.29, 0.717) is 21.5 Å². The van der Waals surface area contributed by atoms with Gasteiger partial charge in [0.15, 0.2) is 11.8 Å². The number of halogens is 1. The molecule has 8 heteroatoms. The second-order valence-corrected chi connectivity index (χ2v) is 6.68. The zero-order valence-electron chi connectivity index (χ0n) is 14.4. The van der Waals surface area contributed by atoms with Crippen LogP contribution in [-0.2, 0) is 9.59 Å². The summed E-state index contributed by atoms with van der Waals surface area (Å²) < 4.78 is 18.2. The summed E-state index contributed by atoms with van der Waals surface area (Å²) in [6.07, 6.45) is 1.74. The van der Waals surface area contributed by atoms with E-state index in [4.69, 9.17) is 10.5 Å². The van der Waals surface area contributed by atoms with E-state index in [0.717, 1.165) is 5.56 Å². The molecule has 0 bridgehead atoms. The Labute approximate surface area is 159 Å². The molecule has 1 saturated heterocycles. The predicted octanol–water partition coefficient (Wildman–Crippen LogP) is 2.92. The number of nitrogens with zero attached hydrogens (tertiary/aromatic N) is 2. The number of aliphatic imine (C=N–C) groups is 1. The van der Waals surface area contributed by atoms with Crippen LogP contribution >= 0.6 is 11.8 Å². The summed E-state index contributed by atoms with van der Waals surface area (Å²) in [6.45, 7) is -0.192. The molecule has 1 fully saturated rings. The number of carbonyl (C=O) groups is 2. The average Bonchev–Trinajstić information content (AvgIpc) is 2.91. The van der Waals surface area contributed by atoms with E-state index in [9.17, 15) is 14.0 Å². The largest absolute Gasteiger partial charge is 0.484 e. The van der Waals surface area contributed by atoms with Crippen LogP contribution in [0.3, 0.4) is 0 Å². The van der Waals surface area contributed by atoms with Gasteiger partial charge in [0.05, 0.1) is 10.6 Å². The first kappa shape index (κ1) is 18.7. The van der Waals surface area contributed by atoms with E-state index in [-0.39, 0.29) is 18.3 Å². The number of thioether (sulfide) groups is 1. The molecule has 138 valence electrons. The Hall–Kier alpha value is -3.13. The van der Waals surface area contributed by atoms with Crippen LogP contribution in [0.2, 0.25) is 0 Å². The fraction of sp³-hybridized carbons (Fsp3) is 0.105. The maximum atomic E-state index is 13.0. The normalized spacial score (nSPS) is 17.0. The van der Waals surface area contributed by atoms with E-state index in [2.05, 4.69) is 4.99 Å². The topological polar surface area (TPSA) is 85.0 Å². The number of amides is 2. The smallest absolute Gasteiger partial charge is 0.266 e. The Balaban J connectivity index is 1.75. The van der Waals surface area contributed by atoms with Crippen LogP contribution in [-0.4, -0.2) is 35.5 Å². The minimum atomic E-state index is -0.551. The van der Waals surface area contributed by atoms with Crippen molar-refractivity contribution < 1.29 is 18.7 Å². The van der Waals surface area contributed by atoms with Crippen molar-refractivity contribution in [3.8, 4) is 5.75 Å². The molecule has 1 aliphatic rings. The molecule has 2 N–H and O–H groups in total. The summed E-state index contributed by atoms with van der Waals surface area (Å²) >= 11 is 1.24. The van der Waals surface area contributed by atoms with Gasteiger partial charge in [0.2, 0.25) is 0 Å². The van der Waals surface area contributed by atoms with Gasteiger partial charge in [0.25, 0.3) is 11.8 Å². The van der Waals surface area contributed by atoms with Crippen molar-refractivity contribution in [2.75, 3.05) is 13.7 Å². The molecule has 2 amide bonds. The number of carbonyl (C=O) groups excluding carboxylic acids is 2. The van der Waals surface area contributed by atoms with Crippen LogP contribution in [0.5, 0.6) is 5.75 Å². The van der Waals surface area contributed by atoms with E-state index in [1.54, 1.807) is 49.5 Å². The quantitative estimate of drug-likeness (QED) is 0.802. The standard InChI is InChI=1S/C19H16FN3O3S/c1-23-18(25)16(27-19(23)22-14-6-4-13(20)5-7-14)10-12-2-8-15(9-3-12)26-11-17(21)24/h2-10H,11H2,1H3,(H2,21,24)/b16-10+,22-19?. The molecule has 27 heavy (non-hydrogen) atoms. The first-order valence-corrected chi connectivity index (χ1v) is 8.77. The van der Waals surface area contributed by atoms with Gasteiger partial charge in [-0.3, -0.25) is 14.5 Å². The molecule has 2 aromatic carbocycles. The van der Waals surface area contributed by atoms with Gasteiger partial charge >= 0.3 is 0 Å². The third kappa shape index (κ3) is 4.73. The van der Waals surface area contributed by atoms with Gasteiger partial charge in [-0.1, -0.05) is 12.1 Å². The molecular weight excluding hydrogens is 369 g/mol. The lowest BCUT2D eigenvalue weighted by Gasteiger charge is -2.07. The van der Waals surface area contributed by atoms with Crippen molar-refractivity contribution in [3.05, 3.63) is 64.8 Å². The molecule has 0 spiro atoms. The number of nitrogens with two attached hydrogens (primary N) is 1. The molecule has 0 aliphatic carbocycles. The number of primary amides is 1. The number of benzene rings is 2. The number of amidine groups is 1. The zero-order chi connectivity index (χ0) is 19.4. The number of ether oxygens (including phenoxy) is 1. The Morgan fingerprint density at radius 2 is 1.89 bits per heavy atom. The lowest BCUT2D eigenvalue weighted by molar-refractivity contribution is -0.121. The van der Waals surface area contributed by atoms with Gasteiger partial charge in [0.1, 0.15) is 11.6 Å². The number of hydrogen-bond donors (Lipinski definition) is 1. The van der Waals surface area contributed by atoms with Crippen LogP contribution in [0.15, 0.2) is 58.4 Å². The average molecular weight is 385 g/mol. The first-order chi connectivity index (χ1) is 12.9. The maximum Gasteiger partial charge on any atom is 0.266 e. The van der Waals surface area contributed by atoms with Gasteiger partial charge in [-0.05, 0) is 59.8 Å². The van der Waals surface area contributed by atoms with Crippen LogP contribution in [0.1, 0.15) is 5.56 Å². The SMILES string of the molecule is CN1C(=O)/C(=C\c2ccc(OCC(N)=O)cc2)SC1=Nc1ccc(F)cc1. The fourth-order valence-corrected chi connectivity index (χ4v) is 3.23. The lowest BCUT2D eigenvalue weighted by atomic mass is 10.2. The van der Waals surface area contributed by atoms with E-state index < -0.39 is 5.91 Å². The van der Waals surface area contributed by atoms with Gasteiger partial charge in [-0.2, -0.15) is 0 Å². The maximum absolute atomic E-state index is 13.0. The molecule has 0 unspecified atom stereocenters. The van der Waals surface area contributed by atoms with Crippen LogP contribution in [0.25, 0.3) is 6.08 Å². The van der Waals surface area contributed by atoms with Crippen molar-refractivity contribution in [2.24, 2.45) is 10.7 Å². The van der Waals surface area contributed by atoms with Crippen molar-refractivity contribution in [3.63, 3.8) is 0 Å². The van der Waals surface area contributed by atoms with Crippen molar-refractivity contribution in [1.82, 2.24) is 4.90 Å². The molecule has 3 rings (SSSR count). The summed E-state index contributed by atoms with van der Waals surface area (Å²) in [6, 6.07) is 12.7. The minimum Gasteiger partial charge on any atom is -0.484 e. The Bertz CT molecular complexity index is 924. The minimum absolute atomic E-state index is 0.171. The van der Waals surface area contributed by atoms with E-state index in [1.165, 1.54) is 28.8 Å². The zero-order valence-corrected chi connectivity index (χ0v) is 15.2. The second-order valence-electron chi connectivity index (χ2n) is 5.67. The molecule has 0 radical (unpaired) electrons. The van der Waals surface area contributed by atoms with Crippen LogP contribution in [0.4, 0.5) is 10.1 Å². The summed E-state index contributed by atoms with van der Waals surface area (Å²) in [4.78, 5) is 29.5. The third-order valence-electron chi connectivity index (χ3n) is 3.61. The Morgan fingerprint density at radius 3 is 2.52 bits per heavy atom. The molecule has 2 aromatic rings. The Kier molecular flexibility index (Phi) is 5.56. The summed E-state index contributed by atoms with van der Waals surface area (Å²) in [5, 5.41) is 0.513. The van der Waals surface area contributed by atoms with E-state index >= 15 is 0 Å². The second kappa shape index (κ2) is 8.05. The fourth-order valence-electron chi connectivity index (χ4n) is 2.24. The first-order valence-electron chi connectivity index (χ1n) is 7.95. The molecular formula is C19H16FN3O3S. The lowest BCUT2D eigenvalue weighted by Crippen LogP contribution is -2.23. The van der Waals surface area contributed by atoms with Crippen molar-refractivity contribution in [2.45, 2.75) is 0 Å². The van der Waals surface area contributed by atoms with Crippen LogP contribution in [0, 0.1) is 5.82 Å². The predicted molar refractivity (Wildman–Crippen MR) is 103 cm³/mol. The molecule has 1 heterocycles. The van der Waals surface area contributed by atoms with Gasteiger partial charge < -0.3 is 10.5 Å². The number of hydrogen-bond acceptors (Lipinski definition) is 5. The monoisotopic (exact) mass is 385 g/mol. The van der Waals surface area contributed by atoms with Gasteiger partial charge in [0, 0.05) is 7.05 Å². The molecule has 0 atom stereocenters. The highest BCUT2D eigenvalue weighted by molar-refractivity contribution is 8.18. The molecule has 0 saturated carbocycles. The highest BCUT2D eigenvalue weighted by atomic mass is 32.2. The molecule has 0 aromatic heterocycles. The summed E-state index contributed by atoms with van der Waals surface area (Å²) in [5.41, 5.74) is 6.40. The highest BCUT2D eigenvalue weighted by Crippen LogP contribution is 2.33.